The van der Waals surface area contributed by atoms with Gasteiger partial charge in [-0.25, -0.2) is 14.9 Å². The number of guanidine groups is 1. The first-order valence-electron chi connectivity index (χ1n) is 47.2. The third-order valence-corrected chi connectivity index (χ3v) is 28.9. The predicted molar refractivity (Wildman–Crippen MR) is 523 cm³/mol. The zero-order chi connectivity index (χ0) is 108. The number of nitrogens with one attached hydrogen (secondary N) is 7. The number of rotatable bonds is 38. The first-order chi connectivity index (χ1) is 69.7. The summed E-state index contributed by atoms with van der Waals surface area (Å²) in [7, 11) is 3.55. The van der Waals surface area contributed by atoms with Gasteiger partial charge in [-0.05, 0) is 175 Å². The molecule has 780 valence electrons. The van der Waals surface area contributed by atoms with Crippen LogP contribution in [0.2, 0.25) is 0 Å². The molecule has 3 saturated heterocycles. The van der Waals surface area contributed by atoms with Crippen LogP contribution in [-0.2, 0) is 120 Å². The van der Waals surface area contributed by atoms with Crippen LogP contribution in [0.5, 0.6) is 5.75 Å². The number of nitrogens with zero attached hydrogens (tertiary/aromatic N) is 9. The quantitative estimate of drug-likeness (QED) is 0.00274. The van der Waals surface area contributed by atoms with E-state index in [9.17, 15) is 63.3 Å². The largest absolute Gasteiger partial charge is 0.496 e. The van der Waals surface area contributed by atoms with E-state index in [4.69, 9.17) is 85.0 Å². The number of Topliss-reactive ketones (excluding diaryl/α,β-unsaturated/α-hetero) is 3. The topological polar surface area (TPSA) is 688 Å². The monoisotopic (exact) mass is 2040 g/mol. The average Bonchev–Trinajstić information content (AvgIpc) is 1.47. The Hall–Kier alpha value is -14.9. The highest BCUT2D eigenvalue weighted by Gasteiger charge is 2.78. The van der Waals surface area contributed by atoms with E-state index < -0.39 is 74.2 Å². The molecule has 5 amide bonds. The Morgan fingerprint density at radius 1 is 0.788 bits per heavy atom. The Balaban J connectivity index is 0.000000373. The van der Waals surface area contributed by atoms with Crippen LogP contribution in [0.4, 0.5) is 23.0 Å². The van der Waals surface area contributed by atoms with Gasteiger partial charge in [0.05, 0.1) is 59.6 Å². The number of H-pyrrole nitrogens is 2. The first kappa shape index (κ1) is 116. The normalized spacial score (nSPS) is 22.9. The lowest BCUT2D eigenvalue weighted by Crippen LogP contribution is -2.79. The highest BCUT2D eigenvalue weighted by Crippen LogP contribution is 2.69. The van der Waals surface area contributed by atoms with Gasteiger partial charge in [0.1, 0.15) is 30.0 Å². The number of aliphatic imine (C=N–C) groups is 1. The summed E-state index contributed by atoms with van der Waals surface area (Å²) in [5, 5.41) is 55.7. The number of nitrogens with two attached hydrogens (primary N) is 3. The number of piperidine rings is 1. The van der Waals surface area contributed by atoms with E-state index in [0.29, 0.717) is 143 Å². The zero-order valence-electron chi connectivity index (χ0n) is 82.7. The molecule has 6 aliphatic heterocycles. The minimum atomic E-state index is -2.29. The predicted octanol–water partition coefficient (Wildman–Crippen LogP) is 5.13. The average molecular weight is 2040 g/mol. The molecule has 9 heterocycles. The second kappa shape index (κ2) is 53.6. The number of nitrogen functional groups attached to an aromatic ring is 1. The van der Waals surface area contributed by atoms with E-state index in [1.165, 1.54) is 24.9 Å². The van der Waals surface area contributed by atoms with Crippen LogP contribution >= 0.6 is 11.8 Å². The molecule has 2 bridgehead atoms. The van der Waals surface area contributed by atoms with Crippen molar-refractivity contribution in [2.45, 2.75) is 216 Å². The molecule has 1 spiro atoms. The van der Waals surface area contributed by atoms with Crippen molar-refractivity contribution in [1.82, 2.24) is 50.7 Å². The molecule has 46 heteroatoms. The number of fused-ring (bicyclic) bond motifs is 7. The number of aromatic nitrogens is 5. The molecule has 2 unspecified atom stereocenters. The van der Waals surface area contributed by atoms with Gasteiger partial charge in [0.2, 0.25) is 29.6 Å². The standard InChI is InChI=1S/C67H84N8O12S.C28H39N11O4.5CO2/c1-9-63(83)33-43-34-65(37-86-38-76,56-47(22-26-73(35-43)36-63)46-15-11-12-16-50(46)70-56)49-30-48-51(31-53(49)85-8)72(7)61-66(48)24-27-74-25-14-23-64(10-2,60(66)74)62(82)67(61,84)57(87-71-68)41(5)44-18-20-45(21-19-44)75-55(79)32-54(59(75)81)88-28-13-17-52(78)42(6)69-58(80)39(3)29-40(4)77;1-16(24(41)36-17(2)5-3-12-33-27(29)30)13-21(40)6-4-11-32-25(42)18-7-9-19(10-8-18)34-14-20-15-35-23-22(37-20)26(43)39-28(31)38-23;5*2-1-3/h11-12,14-16,18-21,23,30-31,38-39,42-43,54,60-62,68,70,82-84H,9-10,13,17,22,24-29,32-37H2,1-8H3,(H,69,80);7-10,15-17,34H,3-6,11-14H2,1-2H3,(H,32,42)(H,36,41)(H4,29,30,33)(H3,31,35,38,39,43);;;;;/b57-41-,71-68?;;;;;;/t39-,42+,43-,54?,60+,61-,62-,63+,64-,65+,66-,67+;16-,17-;;;;;/m11...../s1. The zero-order valence-corrected chi connectivity index (χ0v) is 83.5. The Bertz CT molecular complexity index is 6130. The minimum Gasteiger partial charge on any atom is -0.496 e. The molecular formula is C100H123N19O26S. The number of hydrogen-bond donors (Lipinski definition) is 13. The van der Waals surface area contributed by atoms with Gasteiger partial charge in [-0.3, -0.25) is 62.9 Å². The number of anilines is 4. The van der Waals surface area contributed by atoms with Crippen molar-refractivity contribution in [3.8, 4) is 5.75 Å². The van der Waals surface area contributed by atoms with Crippen LogP contribution < -0.4 is 58.6 Å². The summed E-state index contributed by atoms with van der Waals surface area (Å²) in [4.78, 5) is 244. The number of allylic oxidation sites excluding steroid dienone is 1. The fourth-order valence-corrected chi connectivity index (χ4v) is 22.5. The molecule has 7 aromatic rings. The number of hydrogen-bond acceptors (Lipinski definition) is 38. The van der Waals surface area contributed by atoms with Gasteiger partial charge in [0.25, 0.3) is 17.9 Å². The van der Waals surface area contributed by atoms with Crippen molar-refractivity contribution in [2.24, 2.45) is 44.9 Å². The van der Waals surface area contributed by atoms with Gasteiger partial charge in [0.15, 0.2) is 34.3 Å². The Morgan fingerprint density at radius 2 is 1.45 bits per heavy atom. The number of likely N-dealkylation sites (N-methyl/N-ethyl adjacent to an activating group) is 1. The van der Waals surface area contributed by atoms with Crippen LogP contribution in [-0.4, -0.2) is 259 Å². The molecule has 4 fully saturated rings. The number of thioether (sulfide) groups is 1. The number of carbonyl (C=O) groups is 9. The summed E-state index contributed by atoms with van der Waals surface area (Å²) in [5.41, 5.74) is 26.3. The van der Waals surface area contributed by atoms with Crippen molar-refractivity contribution in [3.63, 3.8) is 0 Å². The van der Waals surface area contributed by atoms with Gasteiger partial charge >= 0.3 is 30.8 Å². The summed E-state index contributed by atoms with van der Waals surface area (Å²) in [6, 6.07) is 24.0. The molecule has 15 atom stereocenters. The molecule has 16 N–H and O–H groups in total. The maximum Gasteiger partial charge on any atom is 0.373 e. The highest BCUT2D eigenvalue weighted by atomic mass is 32.2. The van der Waals surface area contributed by atoms with Gasteiger partial charge in [-0.1, -0.05) is 70.2 Å². The van der Waals surface area contributed by atoms with Crippen molar-refractivity contribution in [1.29, 1.82) is 5.53 Å². The first-order valence-corrected chi connectivity index (χ1v) is 48.3. The Labute approximate surface area is 843 Å². The summed E-state index contributed by atoms with van der Waals surface area (Å²) in [6.07, 6.45) is 11.6. The lowest BCUT2D eigenvalue weighted by Gasteiger charge is -2.64. The Kier molecular flexibility index (Phi) is 42.7. The van der Waals surface area contributed by atoms with Gasteiger partial charge in [0, 0.05) is 169 Å². The number of aliphatic hydroxyl groups excluding tert-OH is 1. The molecule has 146 heavy (non-hydrogen) atoms. The molecular weight excluding hydrogens is 1920 g/mol. The van der Waals surface area contributed by atoms with Gasteiger partial charge in [-0.15, -0.1) is 11.8 Å². The number of ketones is 3. The number of carbonyl (C=O) groups excluding carboxylic acids is 19. The molecule has 14 rings (SSSR count). The second-order valence-electron chi connectivity index (χ2n) is 36.8. The number of aromatic amines is 2. The number of ether oxygens (including phenoxy) is 2. The molecule has 4 aromatic carbocycles. The van der Waals surface area contributed by atoms with E-state index in [-0.39, 0.29) is 157 Å². The van der Waals surface area contributed by atoms with E-state index in [0.717, 1.165) is 68.9 Å². The summed E-state index contributed by atoms with van der Waals surface area (Å²) in [5.74, 6) is -2.09. The highest BCUT2D eigenvalue weighted by molar-refractivity contribution is 8.00. The molecule has 1 aliphatic carbocycles. The van der Waals surface area contributed by atoms with E-state index in [2.05, 4.69) is 96.6 Å². The van der Waals surface area contributed by atoms with Crippen LogP contribution in [0.3, 0.4) is 0 Å². The lowest BCUT2D eigenvalue weighted by molar-refractivity contribution is -0.197. The summed E-state index contributed by atoms with van der Waals surface area (Å²) < 4.78 is 12.7. The SMILES string of the molecule is CC[C@]1(O)C[C@H]2CN(CCc3c([nH]c4ccccc34)[C@@](COC=O)(c3cc4c(cc3OC)N(C)[C@H]3[C@@](O)(/C(ON=N)=C(\C)c5ccc(N6C(=O)CC(SCCCC(=O)[C@H](C)NC(=O)[C@H](C)CC(C)=O)C6=O)cc5)[C@H](O)[C@]5(CC)C=CCN6CC[C@]43[C@@H]65)C2)C1.C[C@H](CCCN=C(N)N)NC(=O)[C@H](C)CC(=O)CCCNC(=O)c1ccc(NCc2cnc3nc(N)[nH]c(=O)c3n2)cc1.O=C=O.O=C=O.O=C=O.O=C=O.O=C=O. The number of benzene rings is 4. The molecule has 45 nitrogen and oxygen atoms in total. The lowest BCUT2D eigenvalue weighted by atomic mass is 9.47. The number of imide groups is 1. The maximum absolute atomic E-state index is 14.4. The Morgan fingerprint density at radius 3 is 2.08 bits per heavy atom. The van der Waals surface area contributed by atoms with Crippen LogP contribution in [0.15, 0.2) is 124 Å². The minimum absolute atomic E-state index is 0.0265. The fraction of sp³-hybridized carbons (Fsp3) is 0.490. The summed E-state index contributed by atoms with van der Waals surface area (Å²) in [6.45, 7) is 18.9. The smallest absolute Gasteiger partial charge is 0.373 e. The number of methoxy groups -OCH3 is 1. The van der Waals surface area contributed by atoms with Gasteiger partial charge < -0.3 is 82.8 Å². The van der Waals surface area contributed by atoms with Crippen molar-refractivity contribution in [2.75, 3.05) is 93.2 Å². The van der Waals surface area contributed by atoms with E-state index >= 15 is 0 Å². The molecule has 0 radical (unpaired) electrons. The molecule has 1 saturated carbocycles. The number of para-hydroxylation sites is 1. The third-order valence-electron chi connectivity index (χ3n) is 27.6. The molecule has 7 aliphatic rings. The van der Waals surface area contributed by atoms with Gasteiger partial charge in [-0.2, -0.15) is 58.5 Å². The van der Waals surface area contributed by atoms with Crippen molar-refractivity contribution >= 4 is 152 Å². The number of amides is 5. The molecule has 3 aromatic heterocycles. The number of aliphatic hydroxyl groups is 3. The van der Waals surface area contributed by atoms with E-state index in [1.54, 1.807) is 83.3 Å². The van der Waals surface area contributed by atoms with E-state index in [1.807, 2.05) is 50.9 Å². The fourth-order valence-electron chi connectivity index (χ4n) is 21.4. The van der Waals surface area contributed by atoms with Crippen LogP contribution in [0.25, 0.3) is 27.6 Å². The van der Waals surface area contributed by atoms with Crippen LogP contribution in [0, 0.1) is 28.7 Å². The van der Waals surface area contributed by atoms with Crippen LogP contribution in [0.1, 0.15) is 189 Å². The third kappa shape index (κ3) is 27.0. The second-order valence-corrected chi connectivity index (χ2v) is 38.1. The maximum atomic E-state index is 14.4. The van der Waals surface area contributed by atoms with Crippen molar-refractivity contribution < 1.29 is 121 Å². The van der Waals surface area contributed by atoms with Crippen molar-refractivity contribution in [3.05, 3.63) is 159 Å². The summed E-state index contributed by atoms with van der Waals surface area (Å²) >= 11 is 1.30.